The first kappa shape index (κ1) is 13.2. The maximum absolute atomic E-state index is 12.6. The molecule has 0 aliphatic heterocycles. The third kappa shape index (κ3) is 2.64. The number of carbonyl (C=O) groups excluding carboxylic acids is 2. The molecule has 0 amide bonds. The Morgan fingerprint density at radius 2 is 1.76 bits per heavy atom. The highest BCUT2D eigenvalue weighted by molar-refractivity contribution is 5.94. The van der Waals surface area contributed by atoms with E-state index in [-0.39, 0.29) is 30.5 Å². The van der Waals surface area contributed by atoms with Crippen LogP contribution in [0.3, 0.4) is 0 Å². The number of carbonyl (C=O) groups is 2. The summed E-state index contributed by atoms with van der Waals surface area (Å²) in [5.74, 6) is -0.0300. The zero-order chi connectivity index (χ0) is 13.1. The predicted molar refractivity (Wildman–Crippen MR) is 53.4 cm³/mol. The third-order valence-corrected chi connectivity index (χ3v) is 2.09. The maximum atomic E-state index is 12.6. The minimum Gasteiger partial charge on any atom is -0.493 e. The molecule has 0 saturated heterocycles. The van der Waals surface area contributed by atoms with Gasteiger partial charge in [0.05, 0.1) is 17.7 Å². The van der Waals surface area contributed by atoms with Crippen LogP contribution in [0.1, 0.15) is 33.2 Å². The van der Waals surface area contributed by atoms with Gasteiger partial charge in [0.25, 0.3) is 0 Å². The standard InChI is InChI=1S/C11H9F3O3/c1-2-17-10-4-3-9(11(12,13)14)7(5-15)8(10)6-16/h3-6H,2H2,1H3. The Bertz CT molecular complexity index is 438. The van der Waals surface area contributed by atoms with Crippen LogP contribution in [-0.4, -0.2) is 19.2 Å². The topological polar surface area (TPSA) is 43.4 Å². The van der Waals surface area contributed by atoms with E-state index in [1.807, 2.05) is 0 Å². The first-order valence-electron chi connectivity index (χ1n) is 4.73. The van der Waals surface area contributed by atoms with Crippen molar-refractivity contribution >= 4 is 12.6 Å². The average Bonchev–Trinajstić information content (AvgIpc) is 2.27. The Morgan fingerprint density at radius 3 is 2.18 bits per heavy atom. The van der Waals surface area contributed by atoms with Crippen LogP contribution in [0.2, 0.25) is 0 Å². The third-order valence-electron chi connectivity index (χ3n) is 2.09. The van der Waals surface area contributed by atoms with E-state index in [4.69, 9.17) is 4.74 Å². The summed E-state index contributed by atoms with van der Waals surface area (Å²) in [6.45, 7) is 1.80. The van der Waals surface area contributed by atoms with E-state index in [0.717, 1.165) is 12.1 Å². The molecule has 0 saturated carbocycles. The zero-order valence-electron chi connectivity index (χ0n) is 8.88. The van der Waals surface area contributed by atoms with Crippen molar-refractivity contribution in [3.63, 3.8) is 0 Å². The lowest BCUT2D eigenvalue weighted by Gasteiger charge is -2.13. The van der Waals surface area contributed by atoms with E-state index < -0.39 is 17.3 Å². The number of hydrogen-bond acceptors (Lipinski definition) is 3. The molecular weight excluding hydrogens is 237 g/mol. The van der Waals surface area contributed by atoms with Crippen LogP contribution in [0.15, 0.2) is 12.1 Å². The summed E-state index contributed by atoms with van der Waals surface area (Å²) in [6, 6.07) is 1.75. The smallest absolute Gasteiger partial charge is 0.417 e. The molecule has 1 aromatic carbocycles. The Morgan fingerprint density at radius 1 is 1.18 bits per heavy atom. The van der Waals surface area contributed by atoms with Crippen LogP contribution < -0.4 is 4.74 Å². The minimum atomic E-state index is -4.68. The van der Waals surface area contributed by atoms with E-state index in [1.165, 1.54) is 0 Å². The summed E-state index contributed by atoms with van der Waals surface area (Å²) in [4.78, 5) is 21.5. The highest BCUT2D eigenvalue weighted by Crippen LogP contribution is 2.35. The second-order valence-corrected chi connectivity index (χ2v) is 3.11. The van der Waals surface area contributed by atoms with Gasteiger partial charge in [0.2, 0.25) is 0 Å². The number of benzene rings is 1. The highest BCUT2D eigenvalue weighted by Gasteiger charge is 2.35. The largest absolute Gasteiger partial charge is 0.493 e. The summed E-state index contributed by atoms with van der Waals surface area (Å²) in [6.07, 6.45) is -4.49. The molecule has 1 rings (SSSR count). The summed E-state index contributed by atoms with van der Waals surface area (Å²) >= 11 is 0. The molecule has 17 heavy (non-hydrogen) atoms. The average molecular weight is 246 g/mol. The molecule has 0 N–H and O–H groups in total. The van der Waals surface area contributed by atoms with E-state index in [2.05, 4.69) is 0 Å². The van der Waals surface area contributed by atoms with Crippen molar-refractivity contribution in [1.29, 1.82) is 0 Å². The van der Waals surface area contributed by atoms with Gasteiger partial charge >= 0.3 is 6.18 Å². The summed E-state index contributed by atoms with van der Waals surface area (Å²) in [5.41, 5.74) is -2.21. The van der Waals surface area contributed by atoms with Crippen molar-refractivity contribution in [1.82, 2.24) is 0 Å². The van der Waals surface area contributed by atoms with Gasteiger partial charge in [0.1, 0.15) is 5.75 Å². The number of aldehydes is 2. The van der Waals surface area contributed by atoms with Crippen LogP contribution in [0.4, 0.5) is 13.2 Å². The molecule has 0 atom stereocenters. The van der Waals surface area contributed by atoms with Crippen molar-refractivity contribution in [2.75, 3.05) is 6.61 Å². The summed E-state index contributed by atoms with van der Waals surface area (Å²) in [5, 5.41) is 0. The number of alkyl halides is 3. The van der Waals surface area contributed by atoms with Crippen LogP contribution in [0, 0.1) is 0 Å². The number of halogens is 3. The Hall–Kier alpha value is -1.85. The van der Waals surface area contributed by atoms with Gasteiger partial charge in [-0.1, -0.05) is 0 Å². The van der Waals surface area contributed by atoms with Gasteiger partial charge in [0, 0.05) is 5.56 Å². The molecule has 6 heteroatoms. The molecule has 92 valence electrons. The summed E-state index contributed by atoms with van der Waals surface area (Å²) in [7, 11) is 0. The molecule has 0 aromatic heterocycles. The van der Waals surface area contributed by atoms with E-state index in [9.17, 15) is 22.8 Å². The van der Waals surface area contributed by atoms with E-state index in [1.54, 1.807) is 6.92 Å². The lowest BCUT2D eigenvalue weighted by atomic mass is 10.0. The number of rotatable bonds is 4. The second-order valence-electron chi connectivity index (χ2n) is 3.11. The Kier molecular flexibility index (Phi) is 3.88. The zero-order valence-corrected chi connectivity index (χ0v) is 8.88. The number of hydrogen-bond donors (Lipinski definition) is 0. The van der Waals surface area contributed by atoms with Crippen LogP contribution in [-0.2, 0) is 6.18 Å². The maximum Gasteiger partial charge on any atom is 0.417 e. The molecule has 0 aliphatic rings. The van der Waals surface area contributed by atoms with Crippen molar-refractivity contribution in [2.24, 2.45) is 0 Å². The van der Waals surface area contributed by atoms with Gasteiger partial charge in [-0.2, -0.15) is 13.2 Å². The fourth-order valence-electron chi connectivity index (χ4n) is 1.39. The van der Waals surface area contributed by atoms with Gasteiger partial charge in [-0.25, -0.2) is 0 Å². The minimum absolute atomic E-state index is 0.00900. The van der Waals surface area contributed by atoms with Gasteiger partial charge in [-0.3, -0.25) is 9.59 Å². The molecule has 0 radical (unpaired) electrons. The molecule has 3 nitrogen and oxygen atoms in total. The van der Waals surface area contributed by atoms with Gasteiger partial charge in [-0.15, -0.1) is 0 Å². The van der Waals surface area contributed by atoms with E-state index in [0.29, 0.717) is 0 Å². The monoisotopic (exact) mass is 246 g/mol. The fourth-order valence-corrected chi connectivity index (χ4v) is 1.39. The van der Waals surface area contributed by atoms with Crippen molar-refractivity contribution in [2.45, 2.75) is 13.1 Å². The number of ether oxygens (including phenoxy) is 1. The van der Waals surface area contributed by atoms with Crippen molar-refractivity contribution in [3.05, 3.63) is 28.8 Å². The lowest BCUT2D eigenvalue weighted by molar-refractivity contribution is -0.137. The van der Waals surface area contributed by atoms with Gasteiger partial charge < -0.3 is 4.74 Å². The SMILES string of the molecule is CCOc1ccc(C(F)(F)F)c(C=O)c1C=O. The van der Waals surface area contributed by atoms with Crippen molar-refractivity contribution in [3.8, 4) is 5.75 Å². The van der Waals surface area contributed by atoms with Crippen molar-refractivity contribution < 1.29 is 27.5 Å². The lowest BCUT2D eigenvalue weighted by Crippen LogP contribution is -2.12. The predicted octanol–water partition coefficient (Wildman–Crippen LogP) is 2.73. The van der Waals surface area contributed by atoms with Gasteiger partial charge in [0.15, 0.2) is 12.6 Å². The molecule has 0 heterocycles. The molecule has 0 bridgehead atoms. The first-order valence-corrected chi connectivity index (χ1v) is 4.73. The van der Waals surface area contributed by atoms with Crippen LogP contribution >= 0.6 is 0 Å². The second kappa shape index (κ2) is 4.99. The van der Waals surface area contributed by atoms with Gasteiger partial charge in [-0.05, 0) is 19.1 Å². The summed E-state index contributed by atoms with van der Waals surface area (Å²) < 4.78 is 42.6. The normalized spacial score (nSPS) is 11.1. The molecule has 0 unspecified atom stereocenters. The Balaban J connectivity index is 3.48. The highest BCUT2D eigenvalue weighted by atomic mass is 19.4. The fraction of sp³-hybridized carbons (Fsp3) is 0.273. The molecular formula is C11H9F3O3. The first-order chi connectivity index (χ1) is 7.95. The molecule has 0 spiro atoms. The molecule has 1 aromatic rings. The van der Waals surface area contributed by atoms with E-state index >= 15 is 0 Å². The molecule has 0 aliphatic carbocycles. The Labute approximate surface area is 95.2 Å². The van der Waals surface area contributed by atoms with Crippen LogP contribution in [0.25, 0.3) is 0 Å². The van der Waals surface area contributed by atoms with Crippen LogP contribution in [0.5, 0.6) is 5.75 Å². The quantitative estimate of drug-likeness (QED) is 0.767. The molecule has 0 fully saturated rings.